The van der Waals surface area contributed by atoms with Crippen LogP contribution in [-0.4, -0.2) is 7.11 Å². The normalized spacial score (nSPS) is 12.7. The van der Waals surface area contributed by atoms with Gasteiger partial charge >= 0.3 is 0 Å². The van der Waals surface area contributed by atoms with Gasteiger partial charge < -0.3 is 4.74 Å². The Morgan fingerprint density at radius 3 is 2.58 bits per heavy atom. The van der Waals surface area contributed by atoms with Gasteiger partial charge in [-0.15, -0.1) is 0 Å². The monoisotopic (exact) mass is 202 g/mol. The first kappa shape index (κ1) is 9.75. The Kier molecular flexibility index (Phi) is 3.29. The fraction of sp³-hybridized carbons (Fsp3) is 0.333. The van der Waals surface area contributed by atoms with Crippen molar-refractivity contribution in [2.75, 3.05) is 7.11 Å². The lowest BCUT2D eigenvalue weighted by Gasteiger charge is -2.08. The molecule has 1 aromatic carbocycles. The van der Waals surface area contributed by atoms with Crippen LogP contribution in [0.3, 0.4) is 0 Å². The topological polar surface area (TPSA) is 9.23 Å². The molecule has 1 aromatic rings. The summed E-state index contributed by atoms with van der Waals surface area (Å²) in [4.78, 5) is 0. The van der Waals surface area contributed by atoms with Crippen LogP contribution in [0.2, 0.25) is 5.02 Å². The minimum absolute atomic E-state index is 0.156. The Morgan fingerprint density at radius 2 is 2.17 bits per heavy atom. The second-order valence-corrected chi connectivity index (χ2v) is 3.75. The minimum atomic E-state index is 0.156. The Morgan fingerprint density at radius 1 is 1.50 bits per heavy atom. The number of hydrogen-bond acceptors (Lipinski definition) is 2. The van der Waals surface area contributed by atoms with Gasteiger partial charge in [-0.3, -0.25) is 0 Å². The summed E-state index contributed by atoms with van der Waals surface area (Å²) < 4.78 is 5.02. The molecule has 0 aromatic heterocycles. The molecule has 1 rings (SSSR count). The lowest BCUT2D eigenvalue weighted by Crippen LogP contribution is -1.88. The highest BCUT2D eigenvalue weighted by molar-refractivity contribution is 7.80. The fourth-order valence-corrected chi connectivity index (χ4v) is 1.61. The standard InChI is InChI=1S/C9H11ClOS/c1-6(12)8-4-3-7(11-2)5-9(8)10/h3-6,12H,1-2H3. The highest BCUT2D eigenvalue weighted by Crippen LogP contribution is 2.29. The zero-order chi connectivity index (χ0) is 9.14. The van der Waals surface area contributed by atoms with Gasteiger partial charge in [0.2, 0.25) is 0 Å². The summed E-state index contributed by atoms with van der Waals surface area (Å²) >= 11 is 10.3. The van der Waals surface area contributed by atoms with Crippen molar-refractivity contribution in [2.45, 2.75) is 12.2 Å². The quantitative estimate of drug-likeness (QED) is 0.724. The molecule has 0 spiro atoms. The van der Waals surface area contributed by atoms with E-state index in [0.717, 1.165) is 11.3 Å². The molecule has 3 heteroatoms. The number of benzene rings is 1. The van der Waals surface area contributed by atoms with E-state index in [2.05, 4.69) is 12.6 Å². The maximum absolute atomic E-state index is 5.97. The SMILES string of the molecule is COc1ccc(C(C)S)c(Cl)c1. The third kappa shape index (κ3) is 2.08. The van der Waals surface area contributed by atoms with Gasteiger partial charge in [0, 0.05) is 10.3 Å². The maximum atomic E-state index is 5.97. The molecule has 0 saturated carbocycles. The maximum Gasteiger partial charge on any atom is 0.120 e. The minimum Gasteiger partial charge on any atom is -0.497 e. The van der Waals surface area contributed by atoms with Gasteiger partial charge in [0.05, 0.1) is 7.11 Å². The van der Waals surface area contributed by atoms with Gasteiger partial charge in [-0.2, -0.15) is 12.6 Å². The third-order valence-corrected chi connectivity index (χ3v) is 2.26. The van der Waals surface area contributed by atoms with Crippen LogP contribution < -0.4 is 4.74 Å². The average Bonchev–Trinajstić information content (AvgIpc) is 2.03. The summed E-state index contributed by atoms with van der Waals surface area (Å²) in [5.74, 6) is 0.776. The molecular formula is C9H11ClOS. The van der Waals surface area contributed by atoms with Crippen molar-refractivity contribution in [1.82, 2.24) is 0 Å². The number of hydrogen-bond donors (Lipinski definition) is 1. The summed E-state index contributed by atoms with van der Waals surface area (Å²) in [6.07, 6.45) is 0. The lowest BCUT2D eigenvalue weighted by atomic mass is 10.1. The summed E-state index contributed by atoms with van der Waals surface area (Å²) in [6, 6.07) is 5.61. The predicted octanol–water partition coefficient (Wildman–Crippen LogP) is 3.34. The molecule has 1 atom stereocenters. The second kappa shape index (κ2) is 4.06. The molecule has 0 bridgehead atoms. The summed E-state index contributed by atoms with van der Waals surface area (Å²) in [7, 11) is 1.62. The molecule has 0 aliphatic heterocycles. The smallest absolute Gasteiger partial charge is 0.120 e. The molecule has 0 heterocycles. The fourth-order valence-electron chi connectivity index (χ4n) is 0.974. The van der Waals surface area contributed by atoms with Gasteiger partial charge in [-0.05, 0) is 24.6 Å². The zero-order valence-electron chi connectivity index (χ0n) is 7.04. The number of halogens is 1. The van der Waals surface area contributed by atoms with Crippen LogP contribution in [0.25, 0.3) is 0 Å². The van der Waals surface area contributed by atoms with Crippen molar-refractivity contribution >= 4 is 24.2 Å². The Hall–Kier alpha value is -0.340. The first-order chi connectivity index (χ1) is 5.65. The molecule has 12 heavy (non-hydrogen) atoms. The van der Waals surface area contributed by atoms with Gasteiger partial charge in [-0.1, -0.05) is 17.7 Å². The molecule has 0 aliphatic carbocycles. The van der Waals surface area contributed by atoms with Crippen molar-refractivity contribution < 1.29 is 4.74 Å². The van der Waals surface area contributed by atoms with E-state index in [-0.39, 0.29) is 5.25 Å². The predicted molar refractivity (Wildman–Crippen MR) is 55.4 cm³/mol. The molecule has 0 N–H and O–H groups in total. The van der Waals surface area contributed by atoms with Crippen LogP contribution in [0, 0.1) is 0 Å². The van der Waals surface area contributed by atoms with Crippen LogP contribution in [-0.2, 0) is 0 Å². The molecule has 0 radical (unpaired) electrons. The Bertz CT molecular complexity index is 273. The van der Waals surface area contributed by atoms with Crippen LogP contribution in [0.5, 0.6) is 5.75 Å². The van der Waals surface area contributed by atoms with Gasteiger partial charge in [0.1, 0.15) is 5.75 Å². The van der Waals surface area contributed by atoms with Crippen molar-refractivity contribution in [3.8, 4) is 5.75 Å². The van der Waals surface area contributed by atoms with E-state index in [1.807, 2.05) is 19.1 Å². The van der Waals surface area contributed by atoms with Crippen molar-refractivity contribution in [2.24, 2.45) is 0 Å². The van der Waals surface area contributed by atoms with E-state index >= 15 is 0 Å². The number of ether oxygens (including phenoxy) is 1. The first-order valence-electron chi connectivity index (χ1n) is 3.66. The first-order valence-corrected chi connectivity index (χ1v) is 4.56. The van der Waals surface area contributed by atoms with Crippen molar-refractivity contribution in [3.63, 3.8) is 0 Å². The van der Waals surface area contributed by atoms with Crippen molar-refractivity contribution in [1.29, 1.82) is 0 Å². The molecule has 1 nitrogen and oxygen atoms in total. The van der Waals surface area contributed by atoms with E-state index < -0.39 is 0 Å². The Balaban J connectivity index is 3.03. The molecule has 66 valence electrons. The van der Waals surface area contributed by atoms with Crippen LogP contribution in [0.4, 0.5) is 0 Å². The number of thiol groups is 1. The van der Waals surface area contributed by atoms with Crippen LogP contribution in [0.1, 0.15) is 17.7 Å². The molecule has 0 saturated heterocycles. The van der Waals surface area contributed by atoms with E-state index in [1.165, 1.54) is 0 Å². The summed E-state index contributed by atoms with van der Waals surface area (Å²) in [6.45, 7) is 1.98. The summed E-state index contributed by atoms with van der Waals surface area (Å²) in [5.41, 5.74) is 1.03. The molecule has 0 aliphatic rings. The van der Waals surface area contributed by atoms with E-state index in [1.54, 1.807) is 13.2 Å². The van der Waals surface area contributed by atoms with Gasteiger partial charge in [-0.25, -0.2) is 0 Å². The Labute approximate surface area is 83.1 Å². The van der Waals surface area contributed by atoms with Crippen molar-refractivity contribution in [3.05, 3.63) is 28.8 Å². The van der Waals surface area contributed by atoms with E-state index in [4.69, 9.17) is 16.3 Å². The lowest BCUT2D eigenvalue weighted by molar-refractivity contribution is 0.414. The van der Waals surface area contributed by atoms with E-state index in [0.29, 0.717) is 5.02 Å². The largest absolute Gasteiger partial charge is 0.497 e. The number of rotatable bonds is 2. The average molecular weight is 203 g/mol. The molecule has 0 amide bonds. The molecule has 0 fully saturated rings. The second-order valence-electron chi connectivity index (χ2n) is 2.56. The highest BCUT2D eigenvalue weighted by atomic mass is 35.5. The van der Waals surface area contributed by atoms with Gasteiger partial charge in [0.25, 0.3) is 0 Å². The van der Waals surface area contributed by atoms with Crippen LogP contribution in [0.15, 0.2) is 18.2 Å². The highest BCUT2D eigenvalue weighted by Gasteiger charge is 2.05. The van der Waals surface area contributed by atoms with Gasteiger partial charge in [0.15, 0.2) is 0 Å². The molecule has 1 unspecified atom stereocenters. The van der Waals surface area contributed by atoms with E-state index in [9.17, 15) is 0 Å². The third-order valence-electron chi connectivity index (χ3n) is 1.66. The van der Waals surface area contributed by atoms with Crippen LogP contribution >= 0.6 is 24.2 Å². The summed E-state index contributed by atoms with van der Waals surface area (Å²) in [5, 5.41) is 0.861. The number of methoxy groups -OCH3 is 1. The zero-order valence-corrected chi connectivity index (χ0v) is 8.69. The molecular weight excluding hydrogens is 192 g/mol.